The molecule has 232 valence electrons. The van der Waals surface area contributed by atoms with E-state index in [0.29, 0.717) is 27.0 Å². The summed E-state index contributed by atoms with van der Waals surface area (Å²) in [7, 11) is -4.34. The van der Waals surface area contributed by atoms with Crippen molar-refractivity contribution in [2.45, 2.75) is 51.5 Å². The van der Waals surface area contributed by atoms with Gasteiger partial charge in [0.1, 0.15) is 12.6 Å². The number of anilines is 1. The van der Waals surface area contributed by atoms with Crippen molar-refractivity contribution < 1.29 is 31.2 Å². The lowest BCUT2D eigenvalue weighted by molar-refractivity contribution is -0.140. The molecule has 0 saturated carbocycles. The van der Waals surface area contributed by atoms with E-state index >= 15 is 0 Å². The van der Waals surface area contributed by atoms with Gasteiger partial charge in [-0.05, 0) is 56.2 Å². The third-order valence-corrected chi connectivity index (χ3v) is 8.10. The Hall–Kier alpha value is -3.28. The van der Waals surface area contributed by atoms with Crippen LogP contribution in [0.3, 0.4) is 0 Å². The van der Waals surface area contributed by atoms with Gasteiger partial charge in [0.15, 0.2) is 0 Å². The SMILES string of the molecule is CC(C)(C)NC(=O)C(Cc1ccccc1)N(Cc1ccccc1Cl)C(=O)CN(c1cc(C(F)(F)F)ccc1Cl)S(C)(=O)=O. The van der Waals surface area contributed by atoms with Crippen LogP contribution in [0.15, 0.2) is 72.8 Å². The largest absolute Gasteiger partial charge is 0.416 e. The predicted molar refractivity (Wildman–Crippen MR) is 162 cm³/mol. The molecule has 0 heterocycles. The zero-order valence-electron chi connectivity index (χ0n) is 24.0. The molecule has 0 aromatic heterocycles. The van der Waals surface area contributed by atoms with Crippen molar-refractivity contribution in [1.29, 1.82) is 0 Å². The van der Waals surface area contributed by atoms with E-state index in [1.807, 2.05) is 0 Å². The van der Waals surface area contributed by atoms with Crippen LogP contribution in [0.2, 0.25) is 10.0 Å². The summed E-state index contributed by atoms with van der Waals surface area (Å²) in [5, 5.41) is 2.87. The van der Waals surface area contributed by atoms with Crippen LogP contribution in [0, 0.1) is 0 Å². The fourth-order valence-corrected chi connectivity index (χ4v) is 5.61. The molecule has 0 aliphatic carbocycles. The van der Waals surface area contributed by atoms with Gasteiger partial charge in [-0.25, -0.2) is 8.42 Å². The van der Waals surface area contributed by atoms with E-state index in [1.54, 1.807) is 75.4 Å². The minimum atomic E-state index is -4.80. The normalized spacial score (nSPS) is 12.9. The van der Waals surface area contributed by atoms with Crippen LogP contribution in [0.4, 0.5) is 18.9 Å². The lowest BCUT2D eigenvalue weighted by Gasteiger charge is -2.35. The number of benzene rings is 3. The van der Waals surface area contributed by atoms with Gasteiger partial charge in [0.05, 0.1) is 22.5 Å². The van der Waals surface area contributed by atoms with Crippen LogP contribution in [-0.2, 0) is 38.8 Å². The number of nitrogens with zero attached hydrogens (tertiary/aromatic N) is 2. The molecule has 2 amide bonds. The molecule has 0 radical (unpaired) electrons. The number of sulfonamides is 1. The number of hydrogen-bond acceptors (Lipinski definition) is 4. The average Bonchev–Trinajstić information content (AvgIpc) is 2.89. The molecule has 7 nitrogen and oxygen atoms in total. The van der Waals surface area contributed by atoms with E-state index in [-0.39, 0.29) is 18.0 Å². The summed E-state index contributed by atoms with van der Waals surface area (Å²) in [5.74, 6) is -1.37. The third-order valence-electron chi connectivity index (χ3n) is 6.29. The van der Waals surface area contributed by atoms with Crippen LogP contribution < -0.4 is 9.62 Å². The van der Waals surface area contributed by atoms with Crippen LogP contribution in [-0.4, -0.2) is 49.5 Å². The highest BCUT2D eigenvalue weighted by molar-refractivity contribution is 7.92. The van der Waals surface area contributed by atoms with Gasteiger partial charge < -0.3 is 10.2 Å². The predicted octanol–water partition coefficient (Wildman–Crippen LogP) is 6.33. The smallest absolute Gasteiger partial charge is 0.350 e. The number of carbonyl (C=O) groups excluding carboxylic acids is 2. The highest BCUT2D eigenvalue weighted by Gasteiger charge is 2.36. The third kappa shape index (κ3) is 9.61. The molecule has 0 saturated heterocycles. The monoisotopic (exact) mass is 657 g/mol. The van der Waals surface area contributed by atoms with Gasteiger partial charge in [0.2, 0.25) is 21.8 Å². The van der Waals surface area contributed by atoms with Gasteiger partial charge in [-0.15, -0.1) is 0 Å². The first-order valence-electron chi connectivity index (χ1n) is 13.1. The van der Waals surface area contributed by atoms with Crippen molar-refractivity contribution in [3.05, 3.63) is 99.5 Å². The topological polar surface area (TPSA) is 86.8 Å². The van der Waals surface area contributed by atoms with E-state index in [1.165, 1.54) is 4.90 Å². The molecule has 1 atom stereocenters. The van der Waals surface area contributed by atoms with E-state index in [0.717, 1.165) is 17.9 Å². The molecule has 3 aromatic carbocycles. The van der Waals surface area contributed by atoms with Crippen LogP contribution in [0.1, 0.15) is 37.5 Å². The highest BCUT2D eigenvalue weighted by atomic mass is 35.5. The molecule has 0 fully saturated rings. The average molecular weight is 659 g/mol. The van der Waals surface area contributed by atoms with Gasteiger partial charge in [0.25, 0.3) is 0 Å². The second-order valence-corrected chi connectivity index (χ2v) is 13.7. The summed E-state index contributed by atoms with van der Waals surface area (Å²) in [6.45, 7) is 4.18. The molecule has 43 heavy (non-hydrogen) atoms. The van der Waals surface area contributed by atoms with Crippen molar-refractivity contribution >= 4 is 50.7 Å². The van der Waals surface area contributed by atoms with Crippen molar-refractivity contribution in [2.24, 2.45) is 0 Å². The van der Waals surface area contributed by atoms with E-state index in [2.05, 4.69) is 5.32 Å². The number of amides is 2. The number of halogens is 5. The maximum Gasteiger partial charge on any atom is 0.416 e. The Morgan fingerprint density at radius 2 is 1.51 bits per heavy atom. The summed E-state index contributed by atoms with van der Waals surface area (Å²) >= 11 is 12.6. The van der Waals surface area contributed by atoms with Crippen LogP contribution >= 0.6 is 23.2 Å². The van der Waals surface area contributed by atoms with Crippen LogP contribution in [0.25, 0.3) is 0 Å². The molecule has 0 bridgehead atoms. The molecular weight excluding hydrogens is 626 g/mol. The first-order valence-corrected chi connectivity index (χ1v) is 15.7. The minimum absolute atomic E-state index is 0.0577. The molecular formula is C30H32Cl2F3N3O4S. The van der Waals surface area contributed by atoms with E-state index in [9.17, 15) is 31.2 Å². The Bertz CT molecular complexity index is 1560. The zero-order valence-corrected chi connectivity index (χ0v) is 26.3. The lowest BCUT2D eigenvalue weighted by Crippen LogP contribution is -2.56. The first-order chi connectivity index (χ1) is 19.9. The summed E-state index contributed by atoms with van der Waals surface area (Å²) in [6, 6.07) is 16.6. The van der Waals surface area contributed by atoms with Gasteiger partial charge in [-0.1, -0.05) is 71.7 Å². The standard InChI is InChI=1S/C30H32Cl2F3N3O4S/c1-29(2,3)36-28(40)26(16-20-10-6-5-7-11-20)37(18-21-12-8-9-13-23(21)31)27(39)19-38(43(4,41)42)25-17-22(30(33,34)35)14-15-24(25)32/h5-15,17,26H,16,18-19H2,1-4H3,(H,36,40). The fourth-order valence-electron chi connectivity index (χ4n) is 4.29. The molecule has 1 N–H and O–H groups in total. The van der Waals surface area contributed by atoms with Gasteiger partial charge >= 0.3 is 6.18 Å². The Labute approximate surface area is 259 Å². The van der Waals surface area contributed by atoms with Crippen molar-refractivity contribution in [1.82, 2.24) is 10.2 Å². The zero-order chi connectivity index (χ0) is 32.2. The maximum absolute atomic E-state index is 14.1. The van der Waals surface area contributed by atoms with Crippen molar-refractivity contribution in [3.63, 3.8) is 0 Å². The van der Waals surface area contributed by atoms with Crippen molar-refractivity contribution in [2.75, 3.05) is 17.1 Å². The molecule has 0 aliphatic heterocycles. The van der Waals surface area contributed by atoms with Gasteiger partial charge in [0, 0.05) is 23.5 Å². The van der Waals surface area contributed by atoms with E-state index in [4.69, 9.17) is 23.2 Å². The number of alkyl halides is 3. The lowest BCUT2D eigenvalue weighted by atomic mass is 10.0. The number of rotatable bonds is 10. The molecule has 0 spiro atoms. The Morgan fingerprint density at radius 1 is 0.907 bits per heavy atom. The second kappa shape index (κ2) is 13.6. The molecule has 13 heteroatoms. The Morgan fingerprint density at radius 3 is 2.07 bits per heavy atom. The van der Waals surface area contributed by atoms with Gasteiger partial charge in [-0.2, -0.15) is 13.2 Å². The number of nitrogens with one attached hydrogen (secondary N) is 1. The molecule has 3 rings (SSSR count). The number of hydrogen-bond donors (Lipinski definition) is 1. The summed E-state index contributed by atoms with van der Waals surface area (Å²) in [5.41, 5.74) is -1.16. The first kappa shape index (κ1) is 34.2. The summed E-state index contributed by atoms with van der Waals surface area (Å²) in [6.07, 6.45) is -3.99. The Kier molecular flexibility index (Phi) is 10.8. The van der Waals surface area contributed by atoms with Crippen molar-refractivity contribution in [3.8, 4) is 0 Å². The van der Waals surface area contributed by atoms with E-state index < -0.39 is 57.4 Å². The molecule has 0 aliphatic rings. The van der Waals surface area contributed by atoms with Crippen LogP contribution in [0.5, 0.6) is 0 Å². The highest BCUT2D eigenvalue weighted by Crippen LogP contribution is 2.36. The second-order valence-electron chi connectivity index (χ2n) is 11.0. The van der Waals surface area contributed by atoms with Gasteiger partial charge in [-0.3, -0.25) is 13.9 Å². The minimum Gasteiger partial charge on any atom is -0.350 e. The summed E-state index contributed by atoms with van der Waals surface area (Å²) < 4.78 is 66.9. The quantitative estimate of drug-likeness (QED) is 0.276. The molecule has 1 unspecified atom stereocenters. The maximum atomic E-state index is 14.1. The fraction of sp³-hybridized carbons (Fsp3) is 0.333. The summed E-state index contributed by atoms with van der Waals surface area (Å²) in [4.78, 5) is 29.0. The molecule has 3 aromatic rings. The number of carbonyl (C=O) groups is 2. The Balaban J connectivity index is 2.14.